The molecule has 1 aromatic heterocycles. The molecule has 0 radical (unpaired) electrons. The van der Waals surface area contributed by atoms with Gasteiger partial charge in [-0.3, -0.25) is 4.99 Å². The van der Waals surface area contributed by atoms with Crippen molar-refractivity contribution in [1.29, 1.82) is 0 Å². The van der Waals surface area contributed by atoms with Gasteiger partial charge in [-0.25, -0.2) is 9.67 Å². The van der Waals surface area contributed by atoms with E-state index in [0.29, 0.717) is 17.9 Å². The van der Waals surface area contributed by atoms with E-state index in [4.69, 9.17) is 0 Å². The topological polar surface area (TPSA) is 70.4 Å². The molecule has 1 fully saturated rings. The van der Waals surface area contributed by atoms with E-state index in [1.165, 1.54) is 32.5 Å². The molecule has 1 aromatic rings. The van der Waals surface area contributed by atoms with Gasteiger partial charge in [-0.15, -0.1) is 0 Å². The van der Waals surface area contributed by atoms with E-state index in [1.54, 1.807) is 0 Å². The van der Waals surface area contributed by atoms with E-state index in [0.717, 1.165) is 49.5 Å². The van der Waals surface area contributed by atoms with Crippen molar-refractivity contribution in [2.45, 2.75) is 71.9 Å². The van der Waals surface area contributed by atoms with Crippen molar-refractivity contribution in [2.24, 2.45) is 16.8 Å². The van der Waals surface area contributed by atoms with E-state index >= 15 is 0 Å². The van der Waals surface area contributed by atoms with Crippen LogP contribution in [0.5, 0.6) is 0 Å². The zero-order valence-electron chi connectivity index (χ0n) is 18.4. The van der Waals surface area contributed by atoms with Gasteiger partial charge in [0, 0.05) is 45.1 Å². The van der Waals surface area contributed by atoms with Gasteiger partial charge in [0.15, 0.2) is 11.8 Å². The fourth-order valence-electron chi connectivity index (χ4n) is 4.32. The number of aryl methyl sites for hydroxylation is 1. The first kappa shape index (κ1) is 21.1. The van der Waals surface area contributed by atoms with Crippen LogP contribution in [0.1, 0.15) is 64.5 Å². The van der Waals surface area contributed by atoms with Crippen LogP contribution in [0.15, 0.2) is 4.99 Å². The summed E-state index contributed by atoms with van der Waals surface area (Å²) in [6.07, 6.45) is 4.66. The van der Waals surface area contributed by atoms with Crippen molar-refractivity contribution in [2.75, 3.05) is 33.2 Å². The largest absolute Gasteiger partial charge is 0.356 e. The summed E-state index contributed by atoms with van der Waals surface area (Å²) in [6.45, 7) is 14.4. The van der Waals surface area contributed by atoms with Crippen molar-refractivity contribution in [1.82, 2.24) is 30.3 Å². The fraction of sp³-hybridized carbons (Fsp3) is 0.857. The minimum absolute atomic E-state index is 0.351. The first-order chi connectivity index (χ1) is 13.4. The normalized spacial score (nSPS) is 23.9. The molecular weight excluding hydrogens is 350 g/mol. The van der Waals surface area contributed by atoms with Crippen LogP contribution in [0.4, 0.5) is 0 Å². The molecule has 0 spiro atoms. The lowest BCUT2D eigenvalue weighted by molar-refractivity contribution is 0.159. The number of aliphatic imine (C=N–C) groups is 1. The van der Waals surface area contributed by atoms with Crippen LogP contribution in [0.2, 0.25) is 0 Å². The first-order valence-corrected chi connectivity index (χ1v) is 11.1. The highest BCUT2D eigenvalue weighted by Crippen LogP contribution is 2.18. The van der Waals surface area contributed by atoms with Crippen LogP contribution in [-0.4, -0.2) is 64.9 Å². The summed E-state index contributed by atoms with van der Waals surface area (Å²) in [7, 11) is 1.86. The summed E-state index contributed by atoms with van der Waals surface area (Å²) in [6, 6.07) is 0.351. The third-order valence-corrected chi connectivity index (χ3v) is 5.74. The molecule has 2 aliphatic heterocycles. The van der Waals surface area contributed by atoms with E-state index < -0.39 is 0 Å². The minimum Gasteiger partial charge on any atom is -0.356 e. The van der Waals surface area contributed by atoms with Gasteiger partial charge in [0.2, 0.25) is 0 Å². The second-order valence-electron chi connectivity index (χ2n) is 9.22. The van der Waals surface area contributed by atoms with Crippen LogP contribution >= 0.6 is 0 Å². The predicted octanol–water partition coefficient (Wildman–Crippen LogP) is 2.25. The molecule has 7 heteroatoms. The smallest absolute Gasteiger partial charge is 0.191 e. The first-order valence-electron chi connectivity index (χ1n) is 11.1. The third-order valence-electron chi connectivity index (χ3n) is 5.74. The van der Waals surface area contributed by atoms with Gasteiger partial charge in [-0.2, -0.15) is 5.10 Å². The van der Waals surface area contributed by atoms with Crippen LogP contribution in [0, 0.1) is 11.8 Å². The zero-order chi connectivity index (χ0) is 20.1. The second kappa shape index (κ2) is 9.72. The molecule has 3 rings (SSSR count). The van der Waals surface area contributed by atoms with Crippen molar-refractivity contribution in [3.8, 4) is 0 Å². The molecule has 0 amide bonds. The van der Waals surface area contributed by atoms with Crippen LogP contribution in [-0.2, 0) is 13.0 Å². The average Bonchev–Trinajstić information content (AvgIpc) is 3.08. The van der Waals surface area contributed by atoms with Crippen LogP contribution < -0.4 is 10.6 Å². The molecule has 7 nitrogen and oxygen atoms in total. The van der Waals surface area contributed by atoms with Gasteiger partial charge in [0.25, 0.3) is 0 Å². The number of guanidine groups is 1. The standard InChI is InChI=1S/C21H39N7/c1-15(2)12-27-10-6-7-17(13-27)11-23-21(22-5)24-18-8-9-19-25-20(16(3)4)26-28(19)14-18/h15-18H,6-14H2,1-5H3,(H2,22,23,24). The Labute approximate surface area is 170 Å². The number of rotatable bonds is 6. The monoisotopic (exact) mass is 389 g/mol. The van der Waals surface area contributed by atoms with Crippen LogP contribution in [0.3, 0.4) is 0 Å². The second-order valence-corrected chi connectivity index (χ2v) is 9.22. The van der Waals surface area contributed by atoms with Crippen molar-refractivity contribution in [3.05, 3.63) is 11.6 Å². The maximum absolute atomic E-state index is 4.68. The van der Waals surface area contributed by atoms with E-state index in [2.05, 4.69) is 63.0 Å². The van der Waals surface area contributed by atoms with Crippen molar-refractivity contribution < 1.29 is 0 Å². The number of likely N-dealkylation sites (tertiary alicyclic amines) is 1. The van der Waals surface area contributed by atoms with Gasteiger partial charge >= 0.3 is 0 Å². The minimum atomic E-state index is 0.351. The molecule has 2 atom stereocenters. The number of aromatic nitrogens is 3. The van der Waals surface area contributed by atoms with Gasteiger partial charge in [-0.1, -0.05) is 27.7 Å². The molecule has 2 N–H and O–H groups in total. The van der Waals surface area contributed by atoms with Gasteiger partial charge in [0.05, 0.1) is 6.54 Å². The number of nitrogens with zero attached hydrogens (tertiary/aromatic N) is 5. The Kier molecular flexibility index (Phi) is 7.32. The number of nitrogens with one attached hydrogen (secondary N) is 2. The average molecular weight is 390 g/mol. The molecule has 1 saturated heterocycles. The lowest BCUT2D eigenvalue weighted by atomic mass is 9.97. The molecule has 28 heavy (non-hydrogen) atoms. The SMILES string of the molecule is CN=C(NCC1CCCN(CC(C)C)C1)NC1CCc2nc(C(C)C)nn2C1. The summed E-state index contributed by atoms with van der Waals surface area (Å²) in [5.41, 5.74) is 0. The molecule has 0 saturated carbocycles. The Morgan fingerprint density at radius 3 is 2.75 bits per heavy atom. The Morgan fingerprint density at radius 2 is 2.04 bits per heavy atom. The number of piperidine rings is 1. The number of hydrogen-bond donors (Lipinski definition) is 2. The van der Waals surface area contributed by atoms with Crippen molar-refractivity contribution in [3.63, 3.8) is 0 Å². The van der Waals surface area contributed by atoms with E-state index in [1.807, 2.05) is 7.05 Å². The summed E-state index contributed by atoms with van der Waals surface area (Å²) in [4.78, 5) is 11.8. The molecule has 0 bridgehead atoms. The van der Waals surface area contributed by atoms with Crippen LogP contribution in [0.25, 0.3) is 0 Å². The highest BCUT2D eigenvalue weighted by atomic mass is 15.4. The number of hydrogen-bond acceptors (Lipinski definition) is 4. The molecule has 2 unspecified atom stereocenters. The summed E-state index contributed by atoms with van der Waals surface area (Å²) >= 11 is 0. The third kappa shape index (κ3) is 5.69. The van der Waals surface area contributed by atoms with E-state index in [-0.39, 0.29) is 0 Å². The van der Waals surface area contributed by atoms with E-state index in [9.17, 15) is 0 Å². The molecule has 0 aromatic carbocycles. The predicted molar refractivity (Wildman–Crippen MR) is 115 cm³/mol. The fourth-order valence-corrected chi connectivity index (χ4v) is 4.32. The molecule has 158 valence electrons. The quantitative estimate of drug-likeness (QED) is 0.577. The molecule has 0 aliphatic carbocycles. The Bertz CT molecular complexity index is 649. The van der Waals surface area contributed by atoms with Gasteiger partial charge < -0.3 is 15.5 Å². The van der Waals surface area contributed by atoms with Gasteiger partial charge in [-0.05, 0) is 37.6 Å². The molecular formula is C21H39N7. The highest BCUT2D eigenvalue weighted by molar-refractivity contribution is 5.79. The summed E-state index contributed by atoms with van der Waals surface area (Å²) < 4.78 is 2.08. The summed E-state index contributed by atoms with van der Waals surface area (Å²) in [5, 5.41) is 11.9. The molecule has 3 heterocycles. The maximum atomic E-state index is 4.68. The zero-order valence-corrected chi connectivity index (χ0v) is 18.4. The van der Waals surface area contributed by atoms with Gasteiger partial charge in [0.1, 0.15) is 5.82 Å². The van der Waals surface area contributed by atoms with Crippen molar-refractivity contribution >= 4 is 5.96 Å². The Balaban J connectivity index is 1.47. The lowest BCUT2D eigenvalue weighted by Crippen LogP contribution is -2.49. The lowest BCUT2D eigenvalue weighted by Gasteiger charge is -2.34. The maximum Gasteiger partial charge on any atom is 0.191 e. The summed E-state index contributed by atoms with van der Waals surface area (Å²) in [5.74, 6) is 4.82. The highest BCUT2D eigenvalue weighted by Gasteiger charge is 2.24. The Morgan fingerprint density at radius 1 is 1.21 bits per heavy atom. The Hall–Kier alpha value is -1.63. The number of fused-ring (bicyclic) bond motifs is 1. The molecule has 2 aliphatic rings.